The molecule has 0 saturated heterocycles. The molecular weight excluding hydrogens is 412 g/mol. The summed E-state index contributed by atoms with van der Waals surface area (Å²) >= 11 is 1.33. The van der Waals surface area contributed by atoms with E-state index in [0.29, 0.717) is 27.9 Å². The third-order valence-corrected chi connectivity index (χ3v) is 6.41. The van der Waals surface area contributed by atoms with Crippen LogP contribution >= 0.6 is 11.5 Å². The number of aliphatic hydroxyl groups excluding tert-OH is 2. The van der Waals surface area contributed by atoms with Crippen molar-refractivity contribution in [1.29, 1.82) is 0 Å². The smallest absolute Gasteiger partial charge is 0.232 e. The van der Waals surface area contributed by atoms with Gasteiger partial charge in [-0.2, -0.15) is 4.37 Å². The molecule has 1 aliphatic carbocycles. The molecule has 0 spiro atoms. The van der Waals surface area contributed by atoms with Crippen molar-refractivity contribution in [1.82, 2.24) is 4.37 Å². The number of carbonyl (C=O) groups excluding carboxylic acids is 2. The van der Waals surface area contributed by atoms with Gasteiger partial charge < -0.3 is 15.5 Å². The van der Waals surface area contributed by atoms with Gasteiger partial charge in [0.15, 0.2) is 5.78 Å². The van der Waals surface area contributed by atoms with E-state index in [0.717, 1.165) is 15.8 Å². The number of ketones is 1. The predicted octanol–water partition coefficient (Wildman–Crippen LogP) is 3.79. The quantitative estimate of drug-likeness (QED) is 0.394. The lowest BCUT2D eigenvalue weighted by Crippen LogP contribution is -2.31. The molecule has 0 fully saturated rings. The highest BCUT2D eigenvalue weighted by Gasteiger charge is 2.32. The summed E-state index contributed by atoms with van der Waals surface area (Å²) in [5.41, 5.74) is 3.18. The zero-order valence-corrected chi connectivity index (χ0v) is 17.1. The van der Waals surface area contributed by atoms with Crippen LogP contribution in [-0.4, -0.2) is 32.9 Å². The number of rotatable bonds is 5. The number of fused-ring (bicyclic) bond motifs is 2. The topological polar surface area (TPSA) is 99.5 Å². The monoisotopic (exact) mass is 430 g/mol. The minimum absolute atomic E-state index is 0.187. The second-order valence-electron chi connectivity index (χ2n) is 7.40. The fraction of sp³-hybridized carbons (Fsp3) is 0.125. The second kappa shape index (κ2) is 7.70. The molecule has 2 atom stereocenters. The third kappa shape index (κ3) is 3.14. The number of hydrogen-bond donors (Lipinski definition) is 3. The maximum atomic E-state index is 13.3. The molecule has 0 aliphatic heterocycles. The van der Waals surface area contributed by atoms with Gasteiger partial charge in [-0.3, -0.25) is 9.59 Å². The molecule has 1 amide bonds. The van der Waals surface area contributed by atoms with Gasteiger partial charge >= 0.3 is 0 Å². The number of amides is 1. The van der Waals surface area contributed by atoms with Gasteiger partial charge in [-0.25, -0.2) is 0 Å². The van der Waals surface area contributed by atoms with Crippen molar-refractivity contribution in [3.05, 3.63) is 83.4 Å². The van der Waals surface area contributed by atoms with Crippen molar-refractivity contribution in [2.75, 3.05) is 11.9 Å². The summed E-state index contributed by atoms with van der Waals surface area (Å²) in [4.78, 5) is 26.3. The van der Waals surface area contributed by atoms with Crippen LogP contribution in [0.4, 0.5) is 5.69 Å². The Morgan fingerprint density at radius 2 is 1.74 bits per heavy atom. The number of hydrogen-bond acceptors (Lipinski definition) is 6. The molecule has 1 heterocycles. The highest BCUT2D eigenvalue weighted by Crippen LogP contribution is 2.43. The molecule has 1 aliphatic rings. The number of aromatic nitrogens is 1. The van der Waals surface area contributed by atoms with Crippen LogP contribution in [0.2, 0.25) is 0 Å². The Morgan fingerprint density at radius 1 is 1.00 bits per heavy atom. The van der Waals surface area contributed by atoms with Crippen LogP contribution in [0.1, 0.15) is 27.6 Å². The Kier molecular flexibility index (Phi) is 4.86. The van der Waals surface area contributed by atoms with Crippen LogP contribution in [0, 0.1) is 5.92 Å². The highest BCUT2D eigenvalue weighted by atomic mass is 32.1. The van der Waals surface area contributed by atoms with Gasteiger partial charge in [-0.05, 0) is 29.2 Å². The van der Waals surface area contributed by atoms with Crippen molar-refractivity contribution in [3.63, 3.8) is 0 Å². The van der Waals surface area contributed by atoms with Gasteiger partial charge in [0.05, 0.1) is 40.3 Å². The average molecular weight is 430 g/mol. The molecule has 3 N–H and O–H groups in total. The summed E-state index contributed by atoms with van der Waals surface area (Å²) in [5.74, 6) is -1.84. The molecule has 7 heteroatoms. The molecule has 154 valence electrons. The van der Waals surface area contributed by atoms with E-state index < -0.39 is 24.5 Å². The van der Waals surface area contributed by atoms with Crippen LogP contribution in [0.15, 0.2) is 66.7 Å². The molecule has 31 heavy (non-hydrogen) atoms. The summed E-state index contributed by atoms with van der Waals surface area (Å²) < 4.78 is 5.48. The number of benzene rings is 3. The summed E-state index contributed by atoms with van der Waals surface area (Å²) in [6.07, 6.45) is -1.18. The molecule has 3 aromatic carbocycles. The first kappa shape index (κ1) is 19.6. The van der Waals surface area contributed by atoms with Gasteiger partial charge in [0, 0.05) is 16.5 Å². The molecule has 0 radical (unpaired) electrons. The van der Waals surface area contributed by atoms with Crippen molar-refractivity contribution in [2.24, 2.45) is 5.92 Å². The number of aliphatic hydroxyl groups is 2. The molecular formula is C24H18N2O4S. The second-order valence-corrected chi connectivity index (χ2v) is 8.21. The van der Waals surface area contributed by atoms with Crippen LogP contribution in [0.5, 0.6) is 0 Å². The first-order valence-electron chi connectivity index (χ1n) is 9.81. The number of nitrogens with one attached hydrogen (secondary N) is 1. The summed E-state index contributed by atoms with van der Waals surface area (Å²) in [5, 5.41) is 24.0. The lowest BCUT2D eigenvalue weighted by atomic mass is 9.86. The van der Waals surface area contributed by atoms with E-state index in [1.807, 2.05) is 18.2 Å². The van der Waals surface area contributed by atoms with E-state index in [9.17, 15) is 19.8 Å². The Morgan fingerprint density at radius 3 is 2.52 bits per heavy atom. The summed E-state index contributed by atoms with van der Waals surface area (Å²) in [6, 6.07) is 19.4. The van der Waals surface area contributed by atoms with E-state index in [1.165, 1.54) is 11.5 Å². The Hall–Kier alpha value is -3.39. The normalized spacial score (nSPS) is 14.2. The van der Waals surface area contributed by atoms with Gasteiger partial charge in [-0.1, -0.05) is 54.6 Å². The maximum Gasteiger partial charge on any atom is 0.232 e. The third-order valence-electron chi connectivity index (χ3n) is 5.60. The van der Waals surface area contributed by atoms with E-state index in [4.69, 9.17) is 0 Å². The lowest BCUT2D eigenvalue weighted by molar-refractivity contribution is -0.125. The van der Waals surface area contributed by atoms with Crippen molar-refractivity contribution in [3.8, 4) is 11.3 Å². The first-order chi connectivity index (χ1) is 15.1. The predicted molar refractivity (Wildman–Crippen MR) is 119 cm³/mol. The van der Waals surface area contributed by atoms with Gasteiger partial charge in [0.2, 0.25) is 5.91 Å². The molecule has 0 bridgehead atoms. The standard InChI is InChI=1S/C24H18N2O4S/c27-12-16(22(28)13-6-2-1-3-7-13)24(30)25-17-10-4-8-14-19(17)23(29)15-9-5-11-18-20(15)21(14)26-31-18/h1-11,16,22,27-28H,12H2,(H,25,30). The Bertz CT molecular complexity index is 1320. The number of nitrogens with zero attached hydrogens (tertiary/aromatic N) is 1. The lowest BCUT2D eigenvalue weighted by Gasteiger charge is -2.23. The molecule has 1 aromatic heterocycles. The molecule has 5 rings (SSSR count). The molecule has 4 aromatic rings. The van der Waals surface area contributed by atoms with Crippen LogP contribution in [0.25, 0.3) is 21.3 Å². The van der Waals surface area contributed by atoms with Crippen molar-refractivity contribution in [2.45, 2.75) is 6.10 Å². The molecule has 6 nitrogen and oxygen atoms in total. The largest absolute Gasteiger partial charge is 0.395 e. The number of carbonyl (C=O) groups is 2. The Labute approximate surface area is 182 Å². The van der Waals surface area contributed by atoms with Gasteiger partial charge in [0.1, 0.15) is 0 Å². The summed E-state index contributed by atoms with van der Waals surface area (Å²) in [7, 11) is 0. The number of anilines is 1. The van der Waals surface area contributed by atoms with E-state index in [-0.39, 0.29) is 5.78 Å². The van der Waals surface area contributed by atoms with Crippen LogP contribution in [0.3, 0.4) is 0 Å². The van der Waals surface area contributed by atoms with Crippen LogP contribution in [-0.2, 0) is 4.79 Å². The Balaban J connectivity index is 1.52. The molecule has 0 saturated carbocycles. The minimum Gasteiger partial charge on any atom is -0.395 e. The van der Waals surface area contributed by atoms with E-state index in [2.05, 4.69) is 9.69 Å². The fourth-order valence-electron chi connectivity index (χ4n) is 4.03. The zero-order valence-electron chi connectivity index (χ0n) is 16.3. The zero-order chi connectivity index (χ0) is 21.5. The minimum atomic E-state index is -1.18. The van der Waals surface area contributed by atoms with Crippen molar-refractivity contribution >= 4 is 39.0 Å². The fourth-order valence-corrected chi connectivity index (χ4v) is 4.85. The van der Waals surface area contributed by atoms with Gasteiger partial charge in [0.25, 0.3) is 0 Å². The van der Waals surface area contributed by atoms with E-state index >= 15 is 0 Å². The summed E-state index contributed by atoms with van der Waals surface area (Å²) in [6.45, 7) is -0.541. The first-order valence-corrected chi connectivity index (χ1v) is 10.6. The SMILES string of the molecule is O=C1c2c(NC(=O)C(CO)C(O)c3ccccc3)cccc2-c2nsc3cccc1c23. The molecule has 2 unspecified atom stereocenters. The average Bonchev–Trinajstić information content (AvgIpc) is 3.23. The van der Waals surface area contributed by atoms with Crippen LogP contribution < -0.4 is 5.32 Å². The van der Waals surface area contributed by atoms with E-state index in [1.54, 1.807) is 48.5 Å². The highest BCUT2D eigenvalue weighted by molar-refractivity contribution is 7.13. The van der Waals surface area contributed by atoms with Gasteiger partial charge in [-0.15, -0.1) is 0 Å². The maximum absolute atomic E-state index is 13.3. The van der Waals surface area contributed by atoms with Crippen molar-refractivity contribution < 1.29 is 19.8 Å².